The molecule has 0 bridgehead atoms. The normalized spacial score (nSPS) is 16.3. The Morgan fingerprint density at radius 1 is 1.06 bits per heavy atom. The molecule has 1 aliphatic rings. The fourth-order valence-corrected chi connectivity index (χ4v) is 5.72. The van der Waals surface area contributed by atoms with Crippen molar-refractivity contribution < 1.29 is 18.0 Å². The standard InChI is InChI=1S/C25H27N3O4S2/c1-18-10-12-20(13-11-18)34(31,32)26-16-19-6-4-14-28(17-19)25(30)21-7-2-3-8-22(21)27-24(29)23-9-5-15-33-23/h2-3,5,7-13,15,19,26H,4,6,14,16-17H2,1H3,(H,27,29). The molecule has 34 heavy (non-hydrogen) atoms. The summed E-state index contributed by atoms with van der Waals surface area (Å²) in [7, 11) is -3.61. The highest BCUT2D eigenvalue weighted by Gasteiger charge is 2.27. The maximum absolute atomic E-state index is 13.3. The number of sulfonamides is 1. The van der Waals surface area contributed by atoms with Crippen LogP contribution in [0.2, 0.25) is 0 Å². The summed E-state index contributed by atoms with van der Waals surface area (Å²) >= 11 is 1.34. The second-order valence-corrected chi connectivity index (χ2v) is 11.1. The fraction of sp³-hybridized carbons (Fsp3) is 0.280. The number of aryl methyl sites for hydroxylation is 1. The minimum Gasteiger partial charge on any atom is -0.338 e. The summed E-state index contributed by atoms with van der Waals surface area (Å²) in [5.74, 6) is -0.420. The Morgan fingerprint density at radius 2 is 1.82 bits per heavy atom. The Morgan fingerprint density at radius 3 is 2.56 bits per heavy atom. The first kappa shape index (κ1) is 24.1. The van der Waals surface area contributed by atoms with Gasteiger partial charge in [-0.25, -0.2) is 13.1 Å². The Hall–Kier alpha value is -3.01. The van der Waals surface area contributed by atoms with E-state index in [0.29, 0.717) is 29.2 Å². The van der Waals surface area contributed by atoms with Crippen LogP contribution >= 0.6 is 11.3 Å². The number of benzene rings is 2. The number of carbonyl (C=O) groups is 2. The molecular formula is C25H27N3O4S2. The van der Waals surface area contributed by atoms with Crippen molar-refractivity contribution >= 4 is 38.9 Å². The van der Waals surface area contributed by atoms with Gasteiger partial charge < -0.3 is 10.2 Å². The number of hydrogen-bond acceptors (Lipinski definition) is 5. The van der Waals surface area contributed by atoms with Crippen molar-refractivity contribution in [2.45, 2.75) is 24.7 Å². The third kappa shape index (κ3) is 5.72. The van der Waals surface area contributed by atoms with Gasteiger partial charge in [-0.2, -0.15) is 0 Å². The number of amides is 2. The molecule has 1 unspecified atom stereocenters. The Kier molecular flexibility index (Phi) is 7.45. The van der Waals surface area contributed by atoms with Crippen LogP contribution < -0.4 is 10.0 Å². The van der Waals surface area contributed by atoms with E-state index in [9.17, 15) is 18.0 Å². The lowest BCUT2D eigenvalue weighted by Gasteiger charge is -2.33. The van der Waals surface area contributed by atoms with Gasteiger partial charge in [0.25, 0.3) is 11.8 Å². The van der Waals surface area contributed by atoms with Crippen LogP contribution in [0.3, 0.4) is 0 Å². The van der Waals surface area contributed by atoms with Crippen LogP contribution in [0.1, 0.15) is 38.4 Å². The van der Waals surface area contributed by atoms with Gasteiger partial charge in [-0.05, 0) is 61.4 Å². The number of rotatable bonds is 7. The van der Waals surface area contributed by atoms with Crippen LogP contribution in [-0.2, 0) is 10.0 Å². The second-order valence-electron chi connectivity index (χ2n) is 8.40. The van der Waals surface area contributed by atoms with Crippen molar-refractivity contribution in [2.75, 3.05) is 25.0 Å². The number of carbonyl (C=O) groups excluding carboxylic acids is 2. The minimum absolute atomic E-state index is 0.00537. The van der Waals surface area contributed by atoms with Crippen molar-refractivity contribution in [2.24, 2.45) is 5.92 Å². The Balaban J connectivity index is 1.41. The number of nitrogens with one attached hydrogen (secondary N) is 2. The zero-order valence-corrected chi connectivity index (χ0v) is 20.5. The van der Waals surface area contributed by atoms with Crippen molar-refractivity contribution in [1.29, 1.82) is 0 Å². The summed E-state index contributed by atoms with van der Waals surface area (Å²) in [4.78, 5) is 28.4. The topological polar surface area (TPSA) is 95.6 Å². The highest BCUT2D eigenvalue weighted by molar-refractivity contribution is 7.89. The first-order valence-corrected chi connectivity index (χ1v) is 13.5. The molecule has 3 aromatic rings. The Labute approximate surface area is 203 Å². The molecule has 1 aliphatic heterocycles. The molecule has 1 fully saturated rings. The van der Waals surface area contributed by atoms with Crippen LogP contribution in [0, 0.1) is 12.8 Å². The third-order valence-corrected chi connectivity index (χ3v) is 8.16. The van der Waals surface area contributed by atoms with Gasteiger partial charge in [0.05, 0.1) is 21.0 Å². The monoisotopic (exact) mass is 497 g/mol. The van der Waals surface area contributed by atoms with Gasteiger partial charge in [-0.15, -0.1) is 11.3 Å². The molecule has 4 rings (SSSR count). The minimum atomic E-state index is -3.61. The van der Waals surface area contributed by atoms with Gasteiger partial charge in [0.1, 0.15) is 0 Å². The van der Waals surface area contributed by atoms with Crippen molar-refractivity contribution in [3.8, 4) is 0 Å². The van der Waals surface area contributed by atoms with Gasteiger partial charge in [-0.1, -0.05) is 35.9 Å². The zero-order valence-electron chi connectivity index (χ0n) is 18.9. The summed E-state index contributed by atoms with van der Waals surface area (Å²) < 4.78 is 28.0. The number of hydrogen-bond donors (Lipinski definition) is 2. The number of thiophene rings is 1. The van der Waals surface area contributed by atoms with Crippen LogP contribution in [0.4, 0.5) is 5.69 Å². The summed E-state index contributed by atoms with van der Waals surface area (Å²) in [6, 6.07) is 17.2. The molecule has 2 amide bonds. The highest BCUT2D eigenvalue weighted by Crippen LogP contribution is 2.23. The number of anilines is 1. The molecule has 7 nitrogen and oxygen atoms in total. The van der Waals surface area contributed by atoms with Crippen LogP contribution in [-0.4, -0.2) is 44.8 Å². The largest absolute Gasteiger partial charge is 0.338 e. The summed E-state index contributed by atoms with van der Waals surface area (Å²) in [5.41, 5.74) is 1.88. The van der Waals surface area contributed by atoms with Crippen molar-refractivity contribution in [3.63, 3.8) is 0 Å². The lowest BCUT2D eigenvalue weighted by Crippen LogP contribution is -2.43. The first-order chi connectivity index (χ1) is 16.3. The predicted molar refractivity (Wildman–Crippen MR) is 134 cm³/mol. The second kappa shape index (κ2) is 10.5. The average molecular weight is 498 g/mol. The molecule has 2 heterocycles. The van der Waals surface area contributed by atoms with Gasteiger partial charge in [-0.3, -0.25) is 9.59 Å². The van der Waals surface area contributed by atoms with E-state index in [1.807, 2.05) is 12.3 Å². The smallest absolute Gasteiger partial charge is 0.265 e. The van der Waals surface area contributed by atoms with E-state index in [0.717, 1.165) is 18.4 Å². The molecule has 2 N–H and O–H groups in total. The van der Waals surface area contributed by atoms with Crippen molar-refractivity contribution in [3.05, 3.63) is 82.0 Å². The molecule has 1 saturated heterocycles. The van der Waals surface area contributed by atoms with E-state index < -0.39 is 10.0 Å². The van der Waals surface area contributed by atoms with Gasteiger partial charge >= 0.3 is 0 Å². The average Bonchev–Trinajstić information content (AvgIpc) is 3.39. The van der Waals surface area contributed by atoms with Gasteiger partial charge in [0.15, 0.2) is 0 Å². The molecule has 178 valence electrons. The number of likely N-dealkylation sites (tertiary alicyclic amines) is 1. The molecule has 0 saturated carbocycles. The summed E-state index contributed by atoms with van der Waals surface area (Å²) in [6.07, 6.45) is 1.61. The number of para-hydroxylation sites is 1. The molecule has 1 atom stereocenters. The number of nitrogens with zero attached hydrogens (tertiary/aromatic N) is 1. The molecule has 9 heteroatoms. The summed E-state index contributed by atoms with van der Waals surface area (Å²) in [5, 5.41) is 4.67. The number of piperidine rings is 1. The maximum Gasteiger partial charge on any atom is 0.265 e. The first-order valence-electron chi connectivity index (χ1n) is 11.1. The molecule has 2 aromatic carbocycles. The lowest BCUT2D eigenvalue weighted by atomic mass is 9.97. The van der Waals surface area contributed by atoms with Crippen molar-refractivity contribution in [1.82, 2.24) is 9.62 Å². The predicted octanol–water partition coefficient (Wildman–Crippen LogP) is 4.14. The Bertz CT molecular complexity index is 1260. The van der Waals surface area contributed by atoms with Gasteiger partial charge in [0, 0.05) is 19.6 Å². The van der Waals surface area contributed by atoms with E-state index in [2.05, 4.69) is 10.0 Å². The quantitative estimate of drug-likeness (QED) is 0.513. The van der Waals surface area contributed by atoms with E-state index in [4.69, 9.17) is 0 Å². The SMILES string of the molecule is Cc1ccc(S(=O)(=O)NCC2CCCN(C(=O)c3ccccc3NC(=O)c3cccs3)C2)cc1. The van der Waals surface area contributed by atoms with Crippen LogP contribution in [0.5, 0.6) is 0 Å². The zero-order chi connectivity index (χ0) is 24.1. The molecule has 0 aliphatic carbocycles. The highest BCUT2D eigenvalue weighted by atomic mass is 32.2. The van der Waals surface area contributed by atoms with E-state index in [-0.39, 0.29) is 29.2 Å². The van der Waals surface area contributed by atoms with Gasteiger partial charge in [0.2, 0.25) is 10.0 Å². The van der Waals surface area contributed by atoms with Crippen LogP contribution in [0.15, 0.2) is 70.9 Å². The molecular weight excluding hydrogens is 470 g/mol. The van der Waals surface area contributed by atoms with Crippen LogP contribution in [0.25, 0.3) is 0 Å². The molecule has 1 aromatic heterocycles. The summed E-state index contributed by atoms with van der Waals surface area (Å²) in [6.45, 7) is 3.20. The third-order valence-electron chi connectivity index (χ3n) is 5.85. The van der Waals surface area contributed by atoms with E-state index in [1.54, 1.807) is 65.6 Å². The lowest BCUT2D eigenvalue weighted by molar-refractivity contribution is 0.0677. The molecule has 0 spiro atoms. The molecule has 0 radical (unpaired) electrons. The maximum atomic E-state index is 13.3. The fourth-order valence-electron chi connectivity index (χ4n) is 3.99. The van der Waals surface area contributed by atoms with E-state index >= 15 is 0 Å². The van der Waals surface area contributed by atoms with E-state index in [1.165, 1.54) is 11.3 Å².